The third kappa shape index (κ3) is 26.9. The van der Waals surface area contributed by atoms with Gasteiger partial charge in [-0.05, 0) is 90.1 Å². The first-order valence-electron chi connectivity index (χ1n) is 20.4. The number of likely N-dealkylation sites (N-methyl/N-ethyl adjacent to an activating group) is 1. The number of hydrogen-bond donors (Lipinski definition) is 0. The molecule has 2 nitrogen and oxygen atoms in total. The Labute approximate surface area is 285 Å². The van der Waals surface area contributed by atoms with Crippen LogP contribution in [0.5, 0.6) is 0 Å². The molecule has 1 aliphatic heterocycles. The summed E-state index contributed by atoms with van der Waals surface area (Å²) in [6.45, 7) is 9.77. The van der Waals surface area contributed by atoms with Crippen molar-refractivity contribution in [3.05, 3.63) is 36.5 Å². The fourth-order valence-corrected chi connectivity index (χ4v) is 7.08. The maximum Gasteiger partial charge on any atom is 0.0110 e. The summed E-state index contributed by atoms with van der Waals surface area (Å²) in [6.07, 6.45) is 53.3. The summed E-state index contributed by atoms with van der Waals surface area (Å²) in [5, 5.41) is 0. The third-order valence-electron chi connectivity index (χ3n) is 10.1. The second kappa shape index (κ2) is 31.7. The zero-order chi connectivity index (χ0) is 32.5. The predicted octanol–water partition coefficient (Wildman–Crippen LogP) is 13.5. The normalized spacial score (nSPS) is 15.4. The molecule has 1 heterocycles. The first-order chi connectivity index (χ1) is 22.1. The topological polar surface area (TPSA) is 6.48 Å². The highest BCUT2D eigenvalue weighted by molar-refractivity contribution is 4.95. The molecular weight excluding hydrogens is 544 g/mol. The average molecular weight is 627 g/mol. The summed E-state index contributed by atoms with van der Waals surface area (Å²) in [7, 11) is 4.43. The quantitative estimate of drug-likeness (QED) is 0.0518. The van der Waals surface area contributed by atoms with E-state index in [0.29, 0.717) is 5.41 Å². The Kier molecular flexibility index (Phi) is 29.7. The minimum absolute atomic E-state index is 0.645. The van der Waals surface area contributed by atoms with Crippen molar-refractivity contribution in [3.63, 3.8) is 0 Å². The van der Waals surface area contributed by atoms with Crippen LogP contribution in [0.4, 0.5) is 0 Å². The van der Waals surface area contributed by atoms with Crippen molar-refractivity contribution in [3.8, 4) is 0 Å². The van der Waals surface area contributed by atoms with Gasteiger partial charge < -0.3 is 9.80 Å². The highest BCUT2D eigenvalue weighted by atomic mass is 15.2. The second-order valence-corrected chi connectivity index (χ2v) is 15.0. The Morgan fingerprint density at radius 1 is 0.467 bits per heavy atom. The Bertz CT molecular complexity index is 684. The molecule has 0 aliphatic carbocycles. The fourth-order valence-electron chi connectivity index (χ4n) is 7.08. The van der Waals surface area contributed by atoms with Gasteiger partial charge in [-0.25, -0.2) is 0 Å². The molecule has 2 heteroatoms. The SMILES string of the molecule is CCCCC/C=C\C/C=C\CCCCCCCCC1(CCCCCCCCCCC/C=C\CCCCC)CN(CCN(C)C)C1. The van der Waals surface area contributed by atoms with E-state index in [2.05, 4.69) is 74.2 Å². The molecule has 1 aliphatic rings. The van der Waals surface area contributed by atoms with Crippen LogP contribution in [-0.2, 0) is 0 Å². The lowest BCUT2D eigenvalue weighted by atomic mass is 9.71. The smallest absolute Gasteiger partial charge is 0.0110 e. The summed E-state index contributed by atoms with van der Waals surface area (Å²) in [5.41, 5.74) is 0.645. The molecule has 0 radical (unpaired) electrons. The summed E-state index contributed by atoms with van der Waals surface area (Å²) in [6, 6.07) is 0. The lowest BCUT2D eigenvalue weighted by Crippen LogP contribution is -2.57. The molecule has 0 atom stereocenters. The molecule has 0 bridgehead atoms. The van der Waals surface area contributed by atoms with Gasteiger partial charge in [0.1, 0.15) is 0 Å². The van der Waals surface area contributed by atoms with E-state index < -0.39 is 0 Å². The van der Waals surface area contributed by atoms with Crippen LogP contribution < -0.4 is 0 Å². The molecule has 1 fully saturated rings. The number of nitrogens with zero attached hydrogens (tertiary/aromatic N) is 2. The van der Waals surface area contributed by atoms with Crippen molar-refractivity contribution < 1.29 is 0 Å². The van der Waals surface area contributed by atoms with Crippen LogP contribution in [0.2, 0.25) is 0 Å². The summed E-state index contributed by atoms with van der Waals surface area (Å²) in [4.78, 5) is 5.08. The van der Waals surface area contributed by atoms with Crippen molar-refractivity contribution in [2.24, 2.45) is 5.41 Å². The monoisotopic (exact) mass is 627 g/mol. The van der Waals surface area contributed by atoms with E-state index in [1.807, 2.05) is 0 Å². The van der Waals surface area contributed by atoms with Crippen LogP contribution in [0.3, 0.4) is 0 Å². The van der Waals surface area contributed by atoms with E-state index in [4.69, 9.17) is 0 Å². The van der Waals surface area contributed by atoms with E-state index in [1.165, 1.54) is 200 Å². The van der Waals surface area contributed by atoms with Crippen LogP contribution in [0.25, 0.3) is 0 Å². The van der Waals surface area contributed by atoms with E-state index in [-0.39, 0.29) is 0 Å². The molecule has 1 rings (SSSR count). The van der Waals surface area contributed by atoms with Gasteiger partial charge in [0, 0.05) is 26.2 Å². The van der Waals surface area contributed by atoms with Crippen LogP contribution in [0.15, 0.2) is 36.5 Å². The van der Waals surface area contributed by atoms with Gasteiger partial charge in [-0.3, -0.25) is 0 Å². The highest BCUT2D eigenvalue weighted by Crippen LogP contribution is 2.40. The van der Waals surface area contributed by atoms with Gasteiger partial charge in [0.2, 0.25) is 0 Å². The van der Waals surface area contributed by atoms with Gasteiger partial charge >= 0.3 is 0 Å². The van der Waals surface area contributed by atoms with E-state index in [0.717, 1.165) is 6.42 Å². The second-order valence-electron chi connectivity index (χ2n) is 15.0. The average Bonchev–Trinajstić information content (AvgIpc) is 3.01. The summed E-state index contributed by atoms with van der Waals surface area (Å²) >= 11 is 0. The molecule has 0 unspecified atom stereocenters. The van der Waals surface area contributed by atoms with Crippen molar-refractivity contribution in [1.82, 2.24) is 9.80 Å². The first-order valence-corrected chi connectivity index (χ1v) is 20.4. The summed E-state index contributed by atoms with van der Waals surface area (Å²) in [5.74, 6) is 0. The molecule has 0 aromatic carbocycles. The zero-order valence-corrected chi connectivity index (χ0v) is 31.5. The maximum absolute atomic E-state index is 2.73. The van der Waals surface area contributed by atoms with Crippen molar-refractivity contribution >= 4 is 0 Å². The number of allylic oxidation sites excluding steroid dienone is 6. The minimum atomic E-state index is 0.645. The first kappa shape index (κ1) is 42.2. The molecule has 45 heavy (non-hydrogen) atoms. The standard InChI is InChI=1S/C43H82N2/c1-5-7-9-11-13-15-17-19-21-23-25-27-29-31-33-35-37-43(41-45(42-43)40-39-44(3)4)38-36-34-32-30-28-26-24-22-20-18-16-14-12-10-8-6-2/h13-16,19,21H,5-12,17-18,20,22-42H2,1-4H3/b15-13-,16-14-,21-19-. The molecule has 0 spiro atoms. The van der Waals surface area contributed by atoms with Crippen LogP contribution in [0, 0.1) is 5.41 Å². The molecule has 0 aromatic heterocycles. The van der Waals surface area contributed by atoms with Gasteiger partial charge in [0.15, 0.2) is 0 Å². The van der Waals surface area contributed by atoms with Crippen LogP contribution in [0.1, 0.15) is 194 Å². The largest absolute Gasteiger partial charge is 0.308 e. The van der Waals surface area contributed by atoms with Gasteiger partial charge in [-0.1, -0.05) is 159 Å². The third-order valence-corrected chi connectivity index (χ3v) is 10.1. The molecule has 0 saturated carbocycles. The minimum Gasteiger partial charge on any atom is -0.308 e. The molecular formula is C43H82N2. The highest BCUT2D eigenvalue weighted by Gasteiger charge is 2.41. The van der Waals surface area contributed by atoms with Crippen LogP contribution >= 0.6 is 0 Å². The summed E-state index contributed by atoms with van der Waals surface area (Å²) < 4.78 is 0. The lowest BCUT2D eigenvalue weighted by molar-refractivity contribution is -0.0197. The molecule has 0 N–H and O–H groups in total. The van der Waals surface area contributed by atoms with Gasteiger partial charge in [-0.15, -0.1) is 0 Å². The molecule has 0 aromatic rings. The Morgan fingerprint density at radius 2 is 0.822 bits per heavy atom. The van der Waals surface area contributed by atoms with Gasteiger partial charge in [0.25, 0.3) is 0 Å². The molecule has 264 valence electrons. The van der Waals surface area contributed by atoms with Crippen molar-refractivity contribution in [2.75, 3.05) is 40.3 Å². The number of rotatable bonds is 34. The van der Waals surface area contributed by atoms with Crippen molar-refractivity contribution in [1.29, 1.82) is 0 Å². The number of hydrogen-bond acceptors (Lipinski definition) is 2. The number of unbranched alkanes of at least 4 members (excludes halogenated alkanes) is 21. The fraction of sp³-hybridized carbons (Fsp3) is 0.860. The van der Waals surface area contributed by atoms with Crippen LogP contribution in [-0.4, -0.2) is 50.1 Å². The predicted molar refractivity (Wildman–Crippen MR) is 205 cm³/mol. The van der Waals surface area contributed by atoms with Crippen molar-refractivity contribution in [2.45, 2.75) is 194 Å². The molecule has 0 amide bonds. The van der Waals surface area contributed by atoms with Gasteiger partial charge in [0.05, 0.1) is 0 Å². The lowest BCUT2D eigenvalue weighted by Gasteiger charge is -2.51. The maximum atomic E-state index is 2.73. The number of likely N-dealkylation sites (tertiary alicyclic amines) is 1. The van der Waals surface area contributed by atoms with E-state index >= 15 is 0 Å². The molecule has 1 saturated heterocycles. The Balaban J connectivity index is 2.07. The Hall–Kier alpha value is -0.860. The zero-order valence-electron chi connectivity index (χ0n) is 31.5. The van der Waals surface area contributed by atoms with E-state index in [9.17, 15) is 0 Å². The Morgan fingerprint density at radius 3 is 1.22 bits per heavy atom. The van der Waals surface area contributed by atoms with Gasteiger partial charge in [-0.2, -0.15) is 0 Å². The van der Waals surface area contributed by atoms with E-state index in [1.54, 1.807) is 0 Å².